The lowest BCUT2D eigenvalue weighted by Gasteiger charge is -2.07. The van der Waals surface area contributed by atoms with E-state index in [-0.39, 0.29) is 11.6 Å². The molecule has 0 spiro atoms. The molecule has 2 aromatic rings. The molecule has 25 heavy (non-hydrogen) atoms. The van der Waals surface area contributed by atoms with Gasteiger partial charge >= 0.3 is 0 Å². The third-order valence-corrected chi connectivity index (χ3v) is 3.76. The Morgan fingerprint density at radius 1 is 1.04 bits per heavy atom. The molecule has 0 heterocycles. The van der Waals surface area contributed by atoms with Crippen LogP contribution in [0.3, 0.4) is 0 Å². The SMILES string of the molecule is CCCCC/C(=N\NC(=O)c1ccc([N+](=O)[O-])cc1)c1ccccc1. The number of rotatable bonds is 8. The van der Waals surface area contributed by atoms with Gasteiger partial charge in [-0.1, -0.05) is 50.1 Å². The molecule has 0 radical (unpaired) electrons. The molecule has 0 saturated carbocycles. The van der Waals surface area contributed by atoms with Gasteiger partial charge < -0.3 is 0 Å². The number of carbonyl (C=O) groups is 1. The topological polar surface area (TPSA) is 84.6 Å². The predicted molar refractivity (Wildman–Crippen MR) is 97.7 cm³/mol. The second kappa shape index (κ2) is 9.32. The molecule has 1 N–H and O–H groups in total. The summed E-state index contributed by atoms with van der Waals surface area (Å²) in [6, 6.07) is 15.2. The maximum absolute atomic E-state index is 12.2. The molecule has 6 heteroatoms. The minimum Gasteiger partial charge on any atom is -0.267 e. The van der Waals surface area contributed by atoms with Crippen LogP contribution in [0.2, 0.25) is 0 Å². The van der Waals surface area contributed by atoms with Crippen LogP contribution in [-0.2, 0) is 0 Å². The highest BCUT2D eigenvalue weighted by atomic mass is 16.6. The molecule has 0 aliphatic heterocycles. The van der Waals surface area contributed by atoms with E-state index in [9.17, 15) is 14.9 Å². The van der Waals surface area contributed by atoms with Crippen molar-refractivity contribution in [3.8, 4) is 0 Å². The number of hydrazone groups is 1. The summed E-state index contributed by atoms with van der Waals surface area (Å²) in [4.78, 5) is 22.4. The maximum Gasteiger partial charge on any atom is 0.271 e. The van der Waals surface area contributed by atoms with Crippen LogP contribution in [0.4, 0.5) is 5.69 Å². The number of hydrogen-bond donors (Lipinski definition) is 1. The minimum absolute atomic E-state index is 0.0513. The Morgan fingerprint density at radius 3 is 2.32 bits per heavy atom. The number of nitro groups is 1. The van der Waals surface area contributed by atoms with Crippen molar-refractivity contribution in [2.45, 2.75) is 32.6 Å². The van der Waals surface area contributed by atoms with Crippen LogP contribution in [-0.4, -0.2) is 16.5 Å². The third kappa shape index (κ3) is 5.53. The lowest BCUT2D eigenvalue weighted by Crippen LogP contribution is -2.20. The van der Waals surface area contributed by atoms with E-state index in [2.05, 4.69) is 17.5 Å². The second-order valence-electron chi connectivity index (χ2n) is 5.63. The van der Waals surface area contributed by atoms with Crippen molar-refractivity contribution in [2.75, 3.05) is 0 Å². The molecule has 0 saturated heterocycles. The van der Waals surface area contributed by atoms with Crippen LogP contribution in [0.1, 0.15) is 48.5 Å². The van der Waals surface area contributed by atoms with E-state index in [0.29, 0.717) is 5.56 Å². The molecule has 6 nitrogen and oxygen atoms in total. The molecular weight excluding hydrogens is 318 g/mol. The highest BCUT2D eigenvalue weighted by molar-refractivity contribution is 6.02. The van der Waals surface area contributed by atoms with Gasteiger partial charge in [0.05, 0.1) is 10.6 Å². The first-order valence-corrected chi connectivity index (χ1v) is 8.28. The quantitative estimate of drug-likeness (QED) is 0.336. The van der Waals surface area contributed by atoms with Gasteiger partial charge in [-0.15, -0.1) is 0 Å². The number of nitrogens with one attached hydrogen (secondary N) is 1. The lowest BCUT2D eigenvalue weighted by atomic mass is 10.0. The van der Waals surface area contributed by atoms with Gasteiger partial charge in [-0.25, -0.2) is 5.43 Å². The van der Waals surface area contributed by atoms with Crippen LogP contribution in [0.25, 0.3) is 0 Å². The number of unbranched alkanes of at least 4 members (excludes halogenated alkanes) is 2. The highest BCUT2D eigenvalue weighted by Gasteiger charge is 2.10. The van der Waals surface area contributed by atoms with Crippen molar-refractivity contribution in [1.82, 2.24) is 5.43 Å². The zero-order valence-electron chi connectivity index (χ0n) is 14.1. The van der Waals surface area contributed by atoms with Gasteiger partial charge in [-0.3, -0.25) is 14.9 Å². The number of nitrogens with zero attached hydrogens (tertiary/aromatic N) is 2. The first-order chi connectivity index (χ1) is 12.1. The van der Waals surface area contributed by atoms with Gasteiger partial charge in [0.1, 0.15) is 0 Å². The predicted octanol–water partition coefficient (Wildman–Crippen LogP) is 4.31. The Morgan fingerprint density at radius 2 is 1.72 bits per heavy atom. The molecule has 0 aromatic heterocycles. The smallest absolute Gasteiger partial charge is 0.267 e. The van der Waals surface area contributed by atoms with Gasteiger partial charge in [0.25, 0.3) is 11.6 Å². The van der Waals surface area contributed by atoms with E-state index in [0.717, 1.165) is 37.0 Å². The monoisotopic (exact) mass is 339 g/mol. The van der Waals surface area contributed by atoms with Crippen LogP contribution in [0, 0.1) is 10.1 Å². The van der Waals surface area contributed by atoms with Crippen molar-refractivity contribution in [1.29, 1.82) is 0 Å². The van der Waals surface area contributed by atoms with E-state index in [1.165, 1.54) is 24.3 Å². The number of benzene rings is 2. The zero-order chi connectivity index (χ0) is 18.1. The van der Waals surface area contributed by atoms with Crippen molar-refractivity contribution < 1.29 is 9.72 Å². The normalized spacial score (nSPS) is 11.2. The average molecular weight is 339 g/mol. The molecule has 2 aromatic carbocycles. The third-order valence-electron chi connectivity index (χ3n) is 3.76. The Kier molecular flexibility index (Phi) is 6.83. The van der Waals surface area contributed by atoms with Crippen LogP contribution < -0.4 is 5.43 Å². The van der Waals surface area contributed by atoms with E-state index >= 15 is 0 Å². The number of nitro benzene ring substituents is 1. The second-order valence-corrected chi connectivity index (χ2v) is 5.63. The van der Waals surface area contributed by atoms with Gasteiger partial charge in [-0.2, -0.15) is 5.10 Å². The van der Waals surface area contributed by atoms with Gasteiger partial charge in [0.15, 0.2) is 0 Å². The summed E-state index contributed by atoms with van der Waals surface area (Å²) in [5.74, 6) is -0.390. The Labute approximate surface area is 146 Å². The van der Waals surface area contributed by atoms with Crippen molar-refractivity contribution in [3.05, 3.63) is 75.8 Å². The highest BCUT2D eigenvalue weighted by Crippen LogP contribution is 2.12. The summed E-state index contributed by atoms with van der Waals surface area (Å²) >= 11 is 0. The summed E-state index contributed by atoms with van der Waals surface area (Å²) in [6.07, 6.45) is 3.98. The van der Waals surface area contributed by atoms with Crippen LogP contribution in [0.15, 0.2) is 59.7 Å². The van der Waals surface area contributed by atoms with Gasteiger partial charge in [0, 0.05) is 17.7 Å². The molecule has 1 amide bonds. The summed E-state index contributed by atoms with van der Waals surface area (Å²) in [6.45, 7) is 2.13. The summed E-state index contributed by atoms with van der Waals surface area (Å²) in [7, 11) is 0. The van der Waals surface area contributed by atoms with E-state index in [1.807, 2.05) is 30.3 Å². The molecular formula is C19H21N3O3. The maximum atomic E-state index is 12.2. The fourth-order valence-electron chi connectivity index (χ4n) is 2.36. The van der Waals surface area contributed by atoms with Crippen LogP contribution in [0.5, 0.6) is 0 Å². The van der Waals surface area contributed by atoms with Crippen molar-refractivity contribution in [3.63, 3.8) is 0 Å². The van der Waals surface area contributed by atoms with Gasteiger partial charge in [0.2, 0.25) is 0 Å². The number of amides is 1. The number of hydrogen-bond acceptors (Lipinski definition) is 4. The number of non-ortho nitro benzene ring substituents is 1. The first kappa shape index (κ1) is 18.3. The molecule has 0 atom stereocenters. The largest absolute Gasteiger partial charge is 0.271 e. The molecule has 0 fully saturated rings. The standard InChI is InChI=1S/C19H21N3O3/c1-2-3-5-10-18(15-8-6-4-7-9-15)20-21-19(23)16-11-13-17(14-12-16)22(24)25/h4,6-9,11-14H,2-3,5,10H2,1H3,(H,21,23)/b20-18+. The summed E-state index contributed by atoms with van der Waals surface area (Å²) in [5, 5.41) is 14.9. The van der Waals surface area contributed by atoms with E-state index < -0.39 is 4.92 Å². The summed E-state index contributed by atoms with van der Waals surface area (Å²) in [5.41, 5.74) is 4.63. The van der Waals surface area contributed by atoms with Crippen molar-refractivity contribution >= 4 is 17.3 Å². The first-order valence-electron chi connectivity index (χ1n) is 8.28. The number of carbonyl (C=O) groups excluding carboxylic acids is 1. The van der Waals surface area contributed by atoms with E-state index in [4.69, 9.17) is 0 Å². The summed E-state index contributed by atoms with van der Waals surface area (Å²) < 4.78 is 0. The Balaban J connectivity index is 2.10. The molecule has 2 rings (SSSR count). The average Bonchev–Trinajstić information content (AvgIpc) is 2.65. The molecule has 0 aliphatic carbocycles. The van der Waals surface area contributed by atoms with Gasteiger partial charge in [-0.05, 0) is 30.5 Å². The van der Waals surface area contributed by atoms with E-state index in [1.54, 1.807) is 0 Å². The minimum atomic E-state index is -0.499. The van der Waals surface area contributed by atoms with Crippen LogP contribution >= 0.6 is 0 Å². The van der Waals surface area contributed by atoms with Crippen molar-refractivity contribution in [2.24, 2.45) is 5.10 Å². The molecule has 130 valence electrons. The Hall–Kier alpha value is -3.02. The molecule has 0 aliphatic rings. The fourth-order valence-corrected chi connectivity index (χ4v) is 2.36. The molecule has 0 unspecified atom stereocenters. The zero-order valence-corrected chi connectivity index (χ0v) is 14.1. The molecule has 0 bridgehead atoms. The lowest BCUT2D eigenvalue weighted by molar-refractivity contribution is -0.384. The Bertz CT molecular complexity index is 740. The fraction of sp³-hybridized carbons (Fsp3) is 0.263.